The van der Waals surface area contributed by atoms with Gasteiger partial charge in [-0.25, -0.2) is 13.6 Å². The molecule has 0 aliphatic heterocycles. The summed E-state index contributed by atoms with van der Waals surface area (Å²) < 4.78 is 31.2. The molecular weight excluding hydrogens is 328 g/mol. The zero-order chi connectivity index (χ0) is 18.7. The number of carbonyl (C=O) groups is 2. The van der Waals surface area contributed by atoms with Crippen molar-refractivity contribution < 1.29 is 23.1 Å². The van der Waals surface area contributed by atoms with Gasteiger partial charge in [0.1, 0.15) is 17.7 Å². The SMILES string of the molecule is CCCCCCCC[C@H](NC(=O)Cc1ccc(F)cc1F)C(=O)OC. The molecule has 6 heteroatoms. The van der Waals surface area contributed by atoms with E-state index in [0.717, 1.165) is 37.8 Å². The molecule has 0 spiro atoms. The van der Waals surface area contributed by atoms with Gasteiger partial charge in [-0.1, -0.05) is 51.5 Å². The number of hydrogen-bond acceptors (Lipinski definition) is 3. The van der Waals surface area contributed by atoms with Crippen LogP contribution >= 0.6 is 0 Å². The fourth-order valence-corrected chi connectivity index (χ4v) is 2.60. The van der Waals surface area contributed by atoms with Crippen LogP contribution in [0, 0.1) is 11.6 Å². The molecule has 0 fully saturated rings. The number of amides is 1. The summed E-state index contributed by atoms with van der Waals surface area (Å²) >= 11 is 0. The normalized spacial score (nSPS) is 11.8. The summed E-state index contributed by atoms with van der Waals surface area (Å²) in [5.41, 5.74) is 0.0853. The Morgan fingerprint density at radius 1 is 1.12 bits per heavy atom. The van der Waals surface area contributed by atoms with Crippen LogP contribution in [0.25, 0.3) is 0 Å². The maximum absolute atomic E-state index is 13.6. The highest BCUT2D eigenvalue weighted by Gasteiger charge is 2.21. The number of unbranched alkanes of at least 4 members (excludes halogenated alkanes) is 5. The van der Waals surface area contributed by atoms with Gasteiger partial charge in [-0.2, -0.15) is 0 Å². The molecule has 25 heavy (non-hydrogen) atoms. The molecule has 1 aromatic rings. The molecule has 4 nitrogen and oxygen atoms in total. The van der Waals surface area contributed by atoms with Gasteiger partial charge in [0, 0.05) is 6.07 Å². The maximum atomic E-state index is 13.6. The number of carbonyl (C=O) groups excluding carboxylic acids is 2. The number of benzene rings is 1. The summed E-state index contributed by atoms with van der Waals surface area (Å²) in [4.78, 5) is 23.9. The average molecular weight is 355 g/mol. The van der Waals surface area contributed by atoms with Crippen LogP contribution in [0.15, 0.2) is 18.2 Å². The molecule has 0 aliphatic carbocycles. The van der Waals surface area contributed by atoms with Gasteiger partial charge in [0.2, 0.25) is 5.91 Å². The lowest BCUT2D eigenvalue weighted by atomic mass is 10.0. The van der Waals surface area contributed by atoms with E-state index in [4.69, 9.17) is 4.74 Å². The van der Waals surface area contributed by atoms with Crippen LogP contribution in [0.1, 0.15) is 57.4 Å². The van der Waals surface area contributed by atoms with Crippen molar-refractivity contribution in [3.63, 3.8) is 0 Å². The molecule has 0 saturated carbocycles. The fraction of sp³-hybridized carbons (Fsp3) is 0.579. The molecule has 0 unspecified atom stereocenters. The number of nitrogens with one attached hydrogen (secondary N) is 1. The maximum Gasteiger partial charge on any atom is 0.328 e. The van der Waals surface area contributed by atoms with Crippen molar-refractivity contribution in [1.29, 1.82) is 0 Å². The second-order valence-corrected chi connectivity index (χ2v) is 6.11. The standard InChI is InChI=1S/C19H27F2NO3/c1-3-4-5-6-7-8-9-17(19(24)25-2)22-18(23)12-14-10-11-15(20)13-16(14)21/h10-11,13,17H,3-9,12H2,1-2H3,(H,22,23)/t17-/m0/s1. The van der Waals surface area contributed by atoms with Gasteiger partial charge in [0.15, 0.2) is 0 Å². The first kappa shape index (κ1) is 21.1. The number of ether oxygens (including phenoxy) is 1. The molecular formula is C19H27F2NO3. The molecule has 0 radical (unpaired) electrons. The molecule has 1 N–H and O–H groups in total. The molecule has 0 aromatic heterocycles. The second kappa shape index (κ2) is 11.6. The molecule has 0 saturated heterocycles. The van der Waals surface area contributed by atoms with Crippen molar-refractivity contribution >= 4 is 11.9 Å². The lowest BCUT2D eigenvalue weighted by molar-refractivity contribution is -0.145. The van der Waals surface area contributed by atoms with E-state index >= 15 is 0 Å². The van der Waals surface area contributed by atoms with E-state index in [-0.39, 0.29) is 12.0 Å². The van der Waals surface area contributed by atoms with Crippen LogP contribution in [-0.4, -0.2) is 25.0 Å². The Morgan fingerprint density at radius 2 is 1.80 bits per heavy atom. The number of halogens is 2. The summed E-state index contributed by atoms with van der Waals surface area (Å²) in [6.07, 6.45) is 6.63. The van der Waals surface area contributed by atoms with Crippen LogP contribution in [0.3, 0.4) is 0 Å². The molecule has 1 amide bonds. The van der Waals surface area contributed by atoms with Gasteiger partial charge in [0.05, 0.1) is 13.5 Å². The zero-order valence-corrected chi connectivity index (χ0v) is 14.9. The van der Waals surface area contributed by atoms with Crippen LogP contribution in [0.2, 0.25) is 0 Å². The first-order chi connectivity index (χ1) is 12.0. The largest absolute Gasteiger partial charge is 0.467 e. The lowest BCUT2D eigenvalue weighted by Crippen LogP contribution is -2.42. The Bertz CT molecular complexity index is 564. The van der Waals surface area contributed by atoms with Gasteiger partial charge < -0.3 is 10.1 Å². The van der Waals surface area contributed by atoms with E-state index in [1.807, 2.05) is 0 Å². The van der Waals surface area contributed by atoms with Gasteiger partial charge >= 0.3 is 5.97 Å². The predicted octanol–water partition coefficient (Wildman–Crippen LogP) is 3.92. The van der Waals surface area contributed by atoms with Crippen molar-refractivity contribution in [2.24, 2.45) is 0 Å². The third-order valence-corrected chi connectivity index (χ3v) is 4.03. The van der Waals surface area contributed by atoms with E-state index < -0.39 is 29.6 Å². The molecule has 1 rings (SSSR count). The highest BCUT2D eigenvalue weighted by molar-refractivity contribution is 5.85. The van der Waals surface area contributed by atoms with Crippen LogP contribution in [0.5, 0.6) is 0 Å². The fourth-order valence-electron chi connectivity index (χ4n) is 2.60. The Balaban J connectivity index is 2.50. The first-order valence-corrected chi connectivity index (χ1v) is 8.79. The zero-order valence-electron chi connectivity index (χ0n) is 14.9. The third-order valence-electron chi connectivity index (χ3n) is 4.03. The molecule has 0 heterocycles. The smallest absolute Gasteiger partial charge is 0.328 e. The Labute approximate surface area is 147 Å². The van der Waals surface area contributed by atoms with Crippen molar-refractivity contribution in [3.8, 4) is 0 Å². The molecule has 1 aromatic carbocycles. The monoisotopic (exact) mass is 355 g/mol. The van der Waals surface area contributed by atoms with Crippen LogP contribution in [-0.2, 0) is 20.7 Å². The second-order valence-electron chi connectivity index (χ2n) is 6.11. The Kier molecular flexibility index (Phi) is 9.73. The summed E-state index contributed by atoms with van der Waals surface area (Å²) in [7, 11) is 1.27. The average Bonchev–Trinajstić information content (AvgIpc) is 2.58. The van der Waals surface area contributed by atoms with E-state index in [9.17, 15) is 18.4 Å². The first-order valence-electron chi connectivity index (χ1n) is 8.79. The molecule has 0 bridgehead atoms. The van der Waals surface area contributed by atoms with Crippen molar-refractivity contribution in [2.45, 2.75) is 64.3 Å². The van der Waals surface area contributed by atoms with Gasteiger partial charge in [0.25, 0.3) is 0 Å². The topological polar surface area (TPSA) is 55.4 Å². The van der Waals surface area contributed by atoms with Crippen molar-refractivity contribution in [1.82, 2.24) is 5.32 Å². The number of hydrogen-bond donors (Lipinski definition) is 1. The number of esters is 1. The highest BCUT2D eigenvalue weighted by atomic mass is 19.1. The Morgan fingerprint density at radius 3 is 2.44 bits per heavy atom. The van der Waals surface area contributed by atoms with Gasteiger partial charge in [-0.3, -0.25) is 4.79 Å². The van der Waals surface area contributed by atoms with Gasteiger partial charge in [-0.05, 0) is 18.1 Å². The number of rotatable bonds is 11. The summed E-state index contributed by atoms with van der Waals surface area (Å²) in [5.74, 6) is -2.48. The van der Waals surface area contributed by atoms with E-state index in [0.29, 0.717) is 6.42 Å². The molecule has 1 atom stereocenters. The van der Waals surface area contributed by atoms with E-state index in [2.05, 4.69) is 12.2 Å². The van der Waals surface area contributed by atoms with E-state index in [1.54, 1.807) is 0 Å². The minimum Gasteiger partial charge on any atom is -0.467 e. The van der Waals surface area contributed by atoms with Crippen molar-refractivity contribution in [2.75, 3.05) is 7.11 Å². The Hall–Kier alpha value is -1.98. The van der Waals surface area contributed by atoms with E-state index in [1.165, 1.54) is 26.0 Å². The van der Waals surface area contributed by atoms with Crippen LogP contribution in [0.4, 0.5) is 8.78 Å². The predicted molar refractivity (Wildman–Crippen MR) is 92.0 cm³/mol. The minimum atomic E-state index is -0.777. The molecule has 0 aliphatic rings. The quantitative estimate of drug-likeness (QED) is 0.484. The van der Waals surface area contributed by atoms with Gasteiger partial charge in [-0.15, -0.1) is 0 Å². The minimum absolute atomic E-state index is 0.0853. The summed E-state index contributed by atoms with van der Waals surface area (Å²) in [6.45, 7) is 2.15. The van der Waals surface area contributed by atoms with Crippen molar-refractivity contribution in [3.05, 3.63) is 35.4 Å². The number of methoxy groups -OCH3 is 1. The lowest BCUT2D eigenvalue weighted by Gasteiger charge is -2.16. The summed E-state index contributed by atoms with van der Waals surface area (Å²) in [6, 6.07) is 2.31. The summed E-state index contributed by atoms with van der Waals surface area (Å²) in [5, 5.41) is 2.59. The third kappa shape index (κ3) is 8.09. The van der Waals surface area contributed by atoms with Crippen LogP contribution < -0.4 is 5.32 Å². The molecule has 140 valence electrons. The highest BCUT2D eigenvalue weighted by Crippen LogP contribution is 2.12.